The number of fused-ring (bicyclic) bond motifs is 2. The maximum Gasteiger partial charge on any atom is 0.258 e. The van der Waals surface area contributed by atoms with Crippen molar-refractivity contribution < 1.29 is 4.79 Å². The van der Waals surface area contributed by atoms with Gasteiger partial charge < -0.3 is 5.73 Å². The van der Waals surface area contributed by atoms with Crippen LogP contribution in [0.2, 0.25) is 0 Å². The van der Waals surface area contributed by atoms with Crippen LogP contribution in [0, 0.1) is 0 Å². The van der Waals surface area contributed by atoms with E-state index < -0.39 is 5.91 Å². The molecule has 1 amide bonds. The van der Waals surface area contributed by atoms with Gasteiger partial charge in [0.05, 0.1) is 15.1 Å². The van der Waals surface area contributed by atoms with E-state index in [1.165, 1.54) is 11.3 Å². The Morgan fingerprint density at radius 3 is 2.50 bits per heavy atom. The van der Waals surface area contributed by atoms with Crippen molar-refractivity contribution in [3.05, 3.63) is 78.3 Å². The molecule has 0 saturated heterocycles. The zero-order chi connectivity index (χ0) is 19.1. The lowest BCUT2D eigenvalue weighted by atomic mass is 9.97. The fourth-order valence-electron chi connectivity index (χ4n) is 3.41. The summed E-state index contributed by atoms with van der Waals surface area (Å²) in [5, 5.41) is 2.02. The molecule has 28 heavy (non-hydrogen) atoms. The van der Waals surface area contributed by atoms with Gasteiger partial charge in [0, 0.05) is 47.3 Å². The highest BCUT2D eigenvalue weighted by molar-refractivity contribution is 7.20. The molecule has 5 aromatic rings. The van der Waals surface area contributed by atoms with E-state index in [2.05, 4.69) is 21.0 Å². The number of carbonyl (C=O) groups excluding carboxylic acids is 1. The van der Waals surface area contributed by atoms with Crippen LogP contribution in [0.4, 0.5) is 0 Å². The molecule has 0 atom stereocenters. The average molecular weight is 382 g/mol. The second kappa shape index (κ2) is 6.51. The first kappa shape index (κ1) is 16.5. The lowest BCUT2D eigenvalue weighted by Gasteiger charge is -2.09. The molecule has 2 N–H and O–H groups in total. The van der Waals surface area contributed by atoms with Crippen LogP contribution in [0.15, 0.2) is 73.4 Å². The second-order valence-corrected chi connectivity index (χ2v) is 7.48. The second-order valence-electron chi connectivity index (χ2n) is 6.40. The van der Waals surface area contributed by atoms with Crippen LogP contribution >= 0.6 is 11.3 Å². The third kappa shape index (κ3) is 2.71. The van der Waals surface area contributed by atoms with Crippen molar-refractivity contribution in [2.45, 2.75) is 0 Å². The van der Waals surface area contributed by atoms with Crippen LogP contribution in [0.25, 0.3) is 43.2 Å². The molecule has 0 fully saturated rings. The highest BCUT2D eigenvalue weighted by Crippen LogP contribution is 2.36. The molecule has 4 aromatic heterocycles. The zero-order valence-corrected chi connectivity index (χ0v) is 15.5. The summed E-state index contributed by atoms with van der Waals surface area (Å²) >= 11 is 1.36. The number of nitrogens with zero attached hydrogens (tertiary/aromatic N) is 3. The number of aromatic nitrogens is 3. The Hall–Kier alpha value is -3.64. The molecule has 0 aliphatic rings. The molecule has 0 bridgehead atoms. The third-order valence-electron chi connectivity index (χ3n) is 4.73. The van der Waals surface area contributed by atoms with Gasteiger partial charge in [-0.05, 0) is 53.1 Å². The SMILES string of the molecule is NC(=O)c1cc2c(-c3ccc4nccc(-c5ccncc5)c4c3)cncc2s1. The van der Waals surface area contributed by atoms with Gasteiger partial charge in [0.25, 0.3) is 5.91 Å². The number of hydrogen-bond donors (Lipinski definition) is 1. The minimum atomic E-state index is -0.421. The van der Waals surface area contributed by atoms with E-state index in [0.29, 0.717) is 4.88 Å². The Morgan fingerprint density at radius 1 is 0.821 bits per heavy atom. The van der Waals surface area contributed by atoms with Crippen LogP contribution in [0.5, 0.6) is 0 Å². The van der Waals surface area contributed by atoms with Crippen molar-refractivity contribution in [3.8, 4) is 22.3 Å². The number of carbonyl (C=O) groups is 1. The molecule has 5 rings (SSSR count). The van der Waals surface area contributed by atoms with Gasteiger partial charge in [-0.3, -0.25) is 19.7 Å². The summed E-state index contributed by atoms with van der Waals surface area (Å²) in [5.74, 6) is -0.421. The Morgan fingerprint density at radius 2 is 1.68 bits per heavy atom. The number of pyridine rings is 3. The monoisotopic (exact) mass is 382 g/mol. The lowest BCUT2D eigenvalue weighted by molar-refractivity contribution is 0.100. The molecule has 0 radical (unpaired) electrons. The van der Waals surface area contributed by atoms with Crippen LogP contribution in [-0.2, 0) is 0 Å². The van der Waals surface area contributed by atoms with Gasteiger partial charge in [-0.2, -0.15) is 0 Å². The van der Waals surface area contributed by atoms with E-state index in [-0.39, 0.29) is 0 Å². The number of benzene rings is 1. The summed E-state index contributed by atoms with van der Waals surface area (Å²) in [6.45, 7) is 0. The minimum Gasteiger partial charge on any atom is -0.365 e. The zero-order valence-electron chi connectivity index (χ0n) is 14.7. The molecule has 134 valence electrons. The van der Waals surface area contributed by atoms with E-state index in [1.807, 2.05) is 48.8 Å². The molecule has 0 aliphatic carbocycles. The van der Waals surface area contributed by atoms with E-state index in [1.54, 1.807) is 18.6 Å². The topological polar surface area (TPSA) is 81.8 Å². The van der Waals surface area contributed by atoms with Crippen LogP contribution in [-0.4, -0.2) is 20.9 Å². The smallest absolute Gasteiger partial charge is 0.258 e. The molecule has 4 heterocycles. The molecule has 1 aromatic carbocycles. The number of rotatable bonds is 3. The van der Waals surface area contributed by atoms with Gasteiger partial charge in [0.1, 0.15) is 0 Å². The first-order valence-corrected chi connectivity index (χ1v) is 9.49. The van der Waals surface area contributed by atoms with Gasteiger partial charge in [-0.15, -0.1) is 11.3 Å². The molecular formula is C22H14N4OS. The molecule has 0 saturated carbocycles. The van der Waals surface area contributed by atoms with Crippen molar-refractivity contribution in [1.82, 2.24) is 15.0 Å². The van der Waals surface area contributed by atoms with E-state index in [4.69, 9.17) is 5.73 Å². The highest BCUT2D eigenvalue weighted by atomic mass is 32.1. The van der Waals surface area contributed by atoms with Crippen molar-refractivity contribution in [2.75, 3.05) is 0 Å². The lowest BCUT2D eigenvalue weighted by Crippen LogP contribution is -2.08. The normalized spacial score (nSPS) is 11.1. The van der Waals surface area contributed by atoms with E-state index >= 15 is 0 Å². The summed E-state index contributed by atoms with van der Waals surface area (Å²) in [6, 6.07) is 14.0. The highest BCUT2D eigenvalue weighted by Gasteiger charge is 2.13. The van der Waals surface area contributed by atoms with Gasteiger partial charge in [-0.25, -0.2) is 0 Å². The fraction of sp³-hybridized carbons (Fsp3) is 0. The molecule has 0 aliphatic heterocycles. The molecule has 6 heteroatoms. The predicted octanol–water partition coefficient (Wildman–Crippen LogP) is 4.67. The van der Waals surface area contributed by atoms with E-state index in [9.17, 15) is 4.79 Å². The number of hydrogen-bond acceptors (Lipinski definition) is 5. The quantitative estimate of drug-likeness (QED) is 0.491. The Labute approximate surface area is 164 Å². The van der Waals surface area contributed by atoms with Gasteiger partial charge in [-0.1, -0.05) is 6.07 Å². The molecule has 0 spiro atoms. The Balaban J connectivity index is 1.75. The summed E-state index contributed by atoms with van der Waals surface area (Å²) in [4.78, 5) is 25.1. The number of thiophene rings is 1. The summed E-state index contributed by atoms with van der Waals surface area (Å²) < 4.78 is 0.937. The molecule has 5 nitrogen and oxygen atoms in total. The summed E-state index contributed by atoms with van der Waals surface area (Å²) in [5.41, 5.74) is 10.5. The third-order valence-corrected chi connectivity index (χ3v) is 5.82. The van der Waals surface area contributed by atoms with Crippen LogP contribution < -0.4 is 5.73 Å². The number of primary amides is 1. The van der Waals surface area contributed by atoms with Gasteiger partial charge in [0.15, 0.2) is 0 Å². The fourth-order valence-corrected chi connectivity index (χ4v) is 4.32. The van der Waals surface area contributed by atoms with Crippen molar-refractivity contribution in [3.63, 3.8) is 0 Å². The van der Waals surface area contributed by atoms with Crippen molar-refractivity contribution in [1.29, 1.82) is 0 Å². The van der Waals surface area contributed by atoms with E-state index in [0.717, 1.165) is 43.2 Å². The van der Waals surface area contributed by atoms with Crippen molar-refractivity contribution >= 4 is 38.2 Å². The molecule has 0 unspecified atom stereocenters. The molecular weight excluding hydrogens is 368 g/mol. The van der Waals surface area contributed by atoms with Crippen LogP contribution in [0.1, 0.15) is 9.67 Å². The summed E-state index contributed by atoms with van der Waals surface area (Å²) in [6.07, 6.45) is 8.97. The largest absolute Gasteiger partial charge is 0.365 e. The standard InChI is InChI=1S/C22H14N4OS/c23-22(27)20-10-17-18(11-25-12-21(17)28-20)14-1-2-19-16(9-14)15(5-8-26-19)13-3-6-24-7-4-13/h1-12H,(H2,23,27). The van der Waals surface area contributed by atoms with Gasteiger partial charge in [0.2, 0.25) is 0 Å². The maximum absolute atomic E-state index is 11.6. The first-order valence-electron chi connectivity index (χ1n) is 8.67. The minimum absolute atomic E-state index is 0.421. The maximum atomic E-state index is 11.6. The summed E-state index contributed by atoms with van der Waals surface area (Å²) in [7, 11) is 0. The number of nitrogens with two attached hydrogens (primary N) is 1. The average Bonchev–Trinajstić information content (AvgIpc) is 3.18. The Bertz CT molecular complexity index is 1350. The predicted molar refractivity (Wildman–Crippen MR) is 112 cm³/mol. The first-order chi connectivity index (χ1) is 13.7. The Kier molecular flexibility index (Phi) is 3.84. The van der Waals surface area contributed by atoms with Crippen LogP contribution in [0.3, 0.4) is 0 Å². The van der Waals surface area contributed by atoms with Crippen molar-refractivity contribution in [2.24, 2.45) is 5.73 Å². The van der Waals surface area contributed by atoms with Gasteiger partial charge >= 0.3 is 0 Å². The number of amides is 1.